The minimum Gasteiger partial charge on any atom is -0.457 e. The van der Waals surface area contributed by atoms with E-state index in [2.05, 4.69) is 4.98 Å². The molecular formula is C15H13ClN2O. The second kappa shape index (κ2) is 4.68. The van der Waals surface area contributed by atoms with E-state index < -0.39 is 0 Å². The average Bonchev–Trinajstić information content (AvgIpc) is 2.84. The first-order chi connectivity index (χ1) is 9.16. The molecule has 0 aliphatic heterocycles. The van der Waals surface area contributed by atoms with Gasteiger partial charge in [0.1, 0.15) is 5.76 Å². The van der Waals surface area contributed by atoms with E-state index in [0.717, 1.165) is 16.5 Å². The third-order valence-electron chi connectivity index (χ3n) is 3.22. The maximum atomic E-state index is 6.27. The molecule has 1 unspecified atom stereocenters. The second-order valence-corrected chi connectivity index (χ2v) is 4.92. The van der Waals surface area contributed by atoms with E-state index in [1.807, 2.05) is 31.2 Å². The maximum Gasteiger partial charge on any atom is 0.152 e. The van der Waals surface area contributed by atoms with Crippen LogP contribution in [0.3, 0.4) is 0 Å². The number of rotatable bonds is 2. The standard InChI is InChI=1S/C15H13ClN2O/c1-9-8-18-6-5-11(9)14(17)13-7-10-3-2-4-12(16)15(10)19-13/h2-8,14H,17H2,1H3. The van der Waals surface area contributed by atoms with Gasteiger partial charge in [-0.25, -0.2) is 0 Å². The molecule has 0 saturated carbocycles. The molecule has 3 aromatic rings. The van der Waals surface area contributed by atoms with Gasteiger partial charge in [-0.2, -0.15) is 0 Å². The van der Waals surface area contributed by atoms with Crippen LogP contribution in [-0.2, 0) is 0 Å². The molecule has 0 aliphatic carbocycles. The van der Waals surface area contributed by atoms with Crippen molar-refractivity contribution in [3.63, 3.8) is 0 Å². The van der Waals surface area contributed by atoms with Crippen molar-refractivity contribution in [1.29, 1.82) is 0 Å². The zero-order valence-corrected chi connectivity index (χ0v) is 11.2. The van der Waals surface area contributed by atoms with Crippen LogP contribution in [0.2, 0.25) is 5.02 Å². The summed E-state index contributed by atoms with van der Waals surface area (Å²) in [7, 11) is 0. The van der Waals surface area contributed by atoms with Crippen LogP contribution in [0.5, 0.6) is 0 Å². The molecule has 2 heterocycles. The molecule has 96 valence electrons. The maximum absolute atomic E-state index is 6.27. The smallest absolute Gasteiger partial charge is 0.152 e. The van der Waals surface area contributed by atoms with Gasteiger partial charge in [0.2, 0.25) is 0 Å². The highest BCUT2D eigenvalue weighted by Crippen LogP contribution is 2.31. The summed E-state index contributed by atoms with van der Waals surface area (Å²) in [6.45, 7) is 1.98. The predicted octanol–water partition coefficient (Wildman–Crippen LogP) is 3.84. The van der Waals surface area contributed by atoms with Crippen molar-refractivity contribution in [3.05, 3.63) is 64.6 Å². The Morgan fingerprint density at radius 3 is 2.89 bits per heavy atom. The van der Waals surface area contributed by atoms with Gasteiger partial charge in [0, 0.05) is 17.8 Å². The molecule has 0 fully saturated rings. The number of aromatic nitrogens is 1. The van der Waals surface area contributed by atoms with Crippen LogP contribution in [0.15, 0.2) is 47.1 Å². The fraction of sp³-hybridized carbons (Fsp3) is 0.133. The van der Waals surface area contributed by atoms with Gasteiger partial charge in [-0.1, -0.05) is 23.7 Å². The Balaban J connectivity index is 2.10. The Bertz CT molecular complexity index is 736. The van der Waals surface area contributed by atoms with Crippen molar-refractivity contribution in [2.75, 3.05) is 0 Å². The number of benzene rings is 1. The lowest BCUT2D eigenvalue weighted by molar-refractivity contribution is 0.524. The number of furan rings is 1. The quantitative estimate of drug-likeness (QED) is 0.771. The third kappa shape index (κ3) is 2.11. The van der Waals surface area contributed by atoms with Gasteiger partial charge < -0.3 is 10.2 Å². The molecule has 0 spiro atoms. The number of fused-ring (bicyclic) bond motifs is 1. The summed E-state index contributed by atoms with van der Waals surface area (Å²) in [4.78, 5) is 4.07. The molecule has 3 nitrogen and oxygen atoms in total. The van der Waals surface area contributed by atoms with Crippen molar-refractivity contribution >= 4 is 22.6 Å². The van der Waals surface area contributed by atoms with E-state index in [0.29, 0.717) is 16.4 Å². The van der Waals surface area contributed by atoms with Crippen LogP contribution in [0.25, 0.3) is 11.0 Å². The van der Waals surface area contributed by atoms with Gasteiger partial charge in [0.25, 0.3) is 0 Å². The fourth-order valence-corrected chi connectivity index (χ4v) is 2.41. The molecular weight excluding hydrogens is 260 g/mol. The zero-order valence-electron chi connectivity index (χ0n) is 10.4. The largest absolute Gasteiger partial charge is 0.457 e. The zero-order chi connectivity index (χ0) is 13.4. The molecule has 0 saturated heterocycles. The number of nitrogens with zero attached hydrogens (tertiary/aromatic N) is 1. The van der Waals surface area contributed by atoms with E-state index in [-0.39, 0.29) is 6.04 Å². The van der Waals surface area contributed by atoms with E-state index in [1.165, 1.54) is 0 Å². The first-order valence-electron chi connectivity index (χ1n) is 6.01. The Morgan fingerprint density at radius 1 is 1.32 bits per heavy atom. The highest BCUT2D eigenvalue weighted by Gasteiger charge is 2.16. The number of hydrogen-bond acceptors (Lipinski definition) is 3. The van der Waals surface area contributed by atoms with Crippen LogP contribution in [0, 0.1) is 6.92 Å². The van der Waals surface area contributed by atoms with E-state index in [1.54, 1.807) is 18.5 Å². The topological polar surface area (TPSA) is 52.0 Å². The third-order valence-corrected chi connectivity index (χ3v) is 3.52. The summed E-state index contributed by atoms with van der Waals surface area (Å²) >= 11 is 6.11. The Kier molecular flexibility index (Phi) is 3.01. The SMILES string of the molecule is Cc1cnccc1C(N)c1cc2cccc(Cl)c2o1. The molecule has 0 bridgehead atoms. The summed E-state index contributed by atoms with van der Waals surface area (Å²) in [5.74, 6) is 0.706. The van der Waals surface area contributed by atoms with Crippen molar-refractivity contribution < 1.29 is 4.42 Å². The minimum absolute atomic E-state index is 0.313. The van der Waals surface area contributed by atoms with Crippen LogP contribution in [0.4, 0.5) is 0 Å². The van der Waals surface area contributed by atoms with Crippen LogP contribution >= 0.6 is 11.6 Å². The summed E-state index contributed by atoms with van der Waals surface area (Å²) in [6, 6.07) is 9.19. The lowest BCUT2D eigenvalue weighted by Crippen LogP contribution is -2.12. The van der Waals surface area contributed by atoms with E-state index in [4.69, 9.17) is 21.8 Å². The Morgan fingerprint density at radius 2 is 2.16 bits per heavy atom. The second-order valence-electron chi connectivity index (χ2n) is 4.52. The number of nitrogens with two attached hydrogens (primary N) is 1. The van der Waals surface area contributed by atoms with Gasteiger partial charge in [0.15, 0.2) is 5.58 Å². The van der Waals surface area contributed by atoms with Gasteiger partial charge >= 0.3 is 0 Å². The van der Waals surface area contributed by atoms with Crippen LogP contribution < -0.4 is 5.73 Å². The molecule has 4 heteroatoms. The molecule has 2 N–H and O–H groups in total. The first-order valence-corrected chi connectivity index (χ1v) is 6.38. The summed E-state index contributed by atoms with van der Waals surface area (Å²) in [6.07, 6.45) is 3.53. The van der Waals surface area contributed by atoms with Gasteiger partial charge in [-0.15, -0.1) is 0 Å². The molecule has 0 amide bonds. The predicted molar refractivity (Wildman–Crippen MR) is 76.2 cm³/mol. The fourth-order valence-electron chi connectivity index (χ4n) is 2.19. The molecule has 0 radical (unpaired) electrons. The van der Waals surface area contributed by atoms with Crippen LogP contribution in [0.1, 0.15) is 22.9 Å². The number of pyridine rings is 1. The number of para-hydroxylation sites is 1. The molecule has 1 atom stereocenters. The van der Waals surface area contributed by atoms with E-state index in [9.17, 15) is 0 Å². The highest BCUT2D eigenvalue weighted by atomic mass is 35.5. The van der Waals surface area contributed by atoms with Crippen molar-refractivity contribution in [3.8, 4) is 0 Å². The van der Waals surface area contributed by atoms with Crippen molar-refractivity contribution in [2.24, 2.45) is 5.73 Å². The van der Waals surface area contributed by atoms with Crippen molar-refractivity contribution in [1.82, 2.24) is 4.98 Å². The summed E-state index contributed by atoms with van der Waals surface area (Å²) in [5, 5.41) is 1.56. The molecule has 2 aromatic heterocycles. The number of aryl methyl sites for hydroxylation is 1. The number of hydrogen-bond donors (Lipinski definition) is 1. The molecule has 1 aromatic carbocycles. The normalized spacial score (nSPS) is 12.8. The lowest BCUT2D eigenvalue weighted by Gasteiger charge is -2.11. The Labute approximate surface area is 116 Å². The van der Waals surface area contributed by atoms with Crippen molar-refractivity contribution in [2.45, 2.75) is 13.0 Å². The number of halogens is 1. The van der Waals surface area contributed by atoms with E-state index >= 15 is 0 Å². The van der Waals surface area contributed by atoms with Gasteiger partial charge in [-0.3, -0.25) is 4.98 Å². The summed E-state index contributed by atoms with van der Waals surface area (Å²) < 4.78 is 5.79. The van der Waals surface area contributed by atoms with Crippen LogP contribution in [-0.4, -0.2) is 4.98 Å². The monoisotopic (exact) mass is 272 g/mol. The highest BCUT2D eigenvalue weighted by molar-refractivity contribution is 6.34. The molecule has 3 rings (SSSR count). The minimum atomic E-state index is -0.313. The lowest BCUT2D eigenvalue weighted by atomic mass is 10.0. The summed E-state index contributed by atoms with van der Waals surface area (Å²) in [5.41, 5.74) is 9.00. The Hall–Kier alpha value is -1.84. The molecule has 19 heavy (non-hydrogen) atoms. The van der Waals surface area contributed by atoms with Gasteiger partial charge in [0.05, 0.1) is 11.1 Å². The van der Waals surface area contributed by atoms with Gasteiger partial charge in [-0.05, 0) is 36.2 Å². The average molecular weight is 273 g/mol. The first kappa shape index (κ1) is 12.2. The molecule has 0 aliphatic rings.